The number of hydrogen-bond donors (Lipinski definition) is 2. The molecule has 7 rings (SSSR count). The summed E-state index contributed by atoms with van der Waals surface area (Å²) in [6.45, 7) is 1.70. The fourth-order valence-electron chi connectivity index (χ4n) is 5.48. The zero-order valence-corrected chi connectivity index (χ0v) is 22.3. The van der Waals surface area contributed by atoms with Crippen LogP contribution in [0.3, 0.4) is 0 Å². The molecule has 188 valence electrons. The first-order valence-corrected chi connectivity index (χ1v) is 14.2. The predicted octanol–water partition coefficient (Wildman–Crippen LogP) is 9.91. The SMILES string of the molecule is c1ccc(CNCc2ccc(Nc3c(-c4ccccc4)c4ccccc4c4c3sc3ccccc34)cc2)cc1. The molecule has 0 radical (unpaired) electrons. The quantitative estimate of drug-likeness (QED) is 0.218. The van der Waals surface area contributed by atoms with Crippen LogP contribution in [0.15, 0.2) is 133 Å². The van der Waals surface area contributed by atoms with Crippen LogP contribution in [0.4, 0.5) is 11.4 Å². The van der Waals surface area contributed by atoms with E-state index in [1.165, 1.54) is 58.9 Å². The van der Waals surface area contributed by atoms with Crippen molar-refractivity contribution < 1.29 is 0 Å². The monoisotopic (exact) mass is 520 g/mol. The Morgan fingerprint density at radius 3 is 1.85 bits per heavy atom. The Morgan fingerprint density at radius 2 is 1.10 bits per heavy atom. The number of nitrogens with one attached hydrogen (secondary N) is 2. The largest absolute Gasteiger partial charge is 0.354 e. The lowest BCUT2D eigenvalue weighted by Crippen LogP contribution is -2.12. The van der Waals surface area contributed by atoms with Crippen molar-refractivity contribution in [3.8, 4) is 11.1 Å². The molecule has 0 unspecified atom stereocenters. The van der Waals surface area contributed by atoms with Gasteiger partial charge in [0.15, 0.2) is 0 Å². The molecule has 1 heterocycles. The van der Waals surface area contributed by atoms with E-state index in [4.69, 9.17) is 0 Å². The first-order valence-electron chi connectivity index (χ1n) is 13.4. The lowest BCUT2D eigenvalue weighted by Gasteiger charge is -2.18. The predicted molar refractivity (Wildman–Crippen MR) is 169 cm³/mol. The van der Waals surface area contributed by atoms with E-state index in [0.29, 0.717) is 0 Å². The lowest BCUT2D eigenvalue weighted by atomic mass is 9.93. The number of anilines is 2. The minimum atomic E-state index is 0.834. The van der Waals surface area contributed by atoms with Crippen molar-refractivity contribution in [2.75, 3.05) is 5.32 Å². The maximum Gasteiger partial charge on any atom is 0.0652 e. The fourth-order valence-corrected chi connectivity index (χ4v) is 6.70. The highest BCUT2D eigenvalue weighted by molar-refractivity contribution is 7.26. The van der Waals surface area contributed by atoms with Crippen molar-refractivity contribution in [3.05, 3.63) is 145 Å². The first-order chi connectivity index (χ1) is 19.3. The van der Waals surface area contributed by atoms with E-state index in [-0.39, 0.29) is 0 Å². The molecule has 0 aliphatic rings. The van der Waals surface area contributed by atoms with Gasteiger partial charge in [0.05, 0.1) is 10.4 Å². The van der Waals surface area contributed by atoms with Crippen molar-refractivity contribution in [2.24, 2.45) is 0 Å². The summed E-state index contributed by atoms with van der Waals surface area (Å²) in [5.74, 6) is 0. The summed E-state index contributed by atoms with van der Waals surface area (Å²) in [6.07, 6.45) is 0. The molecule has 2 nitrogen and oxygen atoms in total. The van der Waals surface area contributed by atoms with E-state index in [2.05, 4.69) is 144 Å². The number of rotatable bonds is 7. The summed E-state index contributed by atoms with van der Waals surface area (Å²) in [4.78, 5) is 0. The summed E-state index contributed by atoms with van der Waals surface area (Å²) >= 11 is 1.87. The van der Waals surface area contributed by atoms with Gasteiger partial charge in [0.2, 0.25) is 0 Å². The van der Waals surface area contributed by atoms with Crippen molar-refractivity contribution in [1.29, 1.82) is 0 Å². The molecule has 6 aromatic carbocycles. The molecule has 2 N–H and O–H groups in total. The number of fused-ring (bicyclic) bond motifs is 5. The fraction of sp³-hybridized carbons (Fsp3) is 0.0556. The van der Waals surface area contributed by atoms with Gasteiger partial charge in [-0.2, -0.15) is 0 Å². The number of benzene rings is 6. The molecule has 0 amide bonds. The highest BCUT2D eigenvalue weighted by atomic mass is 32.1. The molecule has 7 aromatic rings. The maximum absolute atomic E-state index is 3.87. The Morgan fingerprint density at radius 1 is 0.513 bits per heavy atom. The zero-order valence-electron chi connectivity index (χ0n) is 21.5. The third kappa shape index (κ3) is 4.57. The molecule has 0 aliphatic carbocycles. The Kier molecular flexibility index (Phi) is 6.29. The van der Waals surface area contributed by atoms with Gasteiger partial charge in [-0.25, -0.2) is 0 Å². The van der Waals surface area contributed by atoms with Gasteiger partial charge in [0.1, 0.15) is 0 Å². The highest BCUT2D eigenvalue weighted by Gasteiger charge is 2.19. The molecule has 0 saturated carbocycles. The van der Waals surface area contributed by atoms with Gasteiger partial charge in [-0.3, -0.25) is 0 Å². The molecule has 0 fully saturated rings. The van der Waals surface area contributed by atoms with Crippen LogP contribution in [0.5, 0.6) is 0 Å². The minimum Gasteiger partial charge on any atom is -0.354 e. The van der Waals surface area contributed by atoms with E-state index in [9.17, 15) is 0 Å². The Balaban J connectivity index is 1.31. The summed E-state index contributed by atoms with van der Waals surface area (Å²) in [5.41, 5.74) is 7.30. The second kappa shape index (κ2) is 10.4. The van der Waals surface area contributed by atoms with E-state index in [1.807, 2.05) is 11.3 Å². The first kappa shape index (κ1) is 23.7. The Hall–Kier alpha value is -4.44. The van der Waals surface area contributed by atoms with Crippen LogP contribution in [0.1, 0.15) is 11.1 Å². The van der Waals surface area contributed by atoms with E-state index in [1.54, 1.807) is 0 Å². The molecule has 0 atom stereocenters. The summed E-state index contributed by atoms with van der Waals surface area (Å²) < 4.78 is 2.60. The second-order valence-electron chi connectivity index (χ2n) is 9.88. The molecule has 0 spiro atoms. The van der Waals surface area contributed by atoms with Crippen molar-refractivity contribution >= 4 is 53.7 Å². The zero-order chi connectivity index (χ0) is 26.0. The van der Waals surface area contributed by atoms with Crippen LogP contribution >= 0.6 is 11.3 Å². The van der Waals surface area contributed by atoms with Gasteiger partial charge in [-0.05, 0) is 45.7 Å². The molecular formula is C36H28N2S. The molecule has 0 bridgehead atoms. The third-order valence-electron chi connectivity index (χ3n) is 7.33. The van der Waals surface area contributed by atoms with Gasteiger partial charge >= 0.3 is 0 Å². The average molecular weight is 521 g/mol. The van der Waals surface area contributed by atoms with Crippen molar-refractivity contribution in [2.45, 2.75) is 13.1 Å². The van der Waals surface area contributed by atoms with Gasteiger partial charge in [0.25, 0.3) is 0 Å². The molecule has 1 aromatic heterocycles. The van der Waals surface area contributed by atoms with Crippen LogP contribution < -0.4 is 10.6 Å². The van der Waals surface area contributed by atoms with E-state index in [0.717, 1.165) is 18.8 Å². The van der Waals surface area contributed by atoms with Crippen molar-refractivity contribution in [1.82, 2.24) is 5.32 Å². The van der Waals surface area contributed by atoms with Gasteiger partial charge in [0, 0.05) is 39.8 Å². The molecule has 0 saturated heterocycles. The maximum atomic E-state index is 3.87. The number of thiophene rings is 1. The smallest absolute Gasteiger partial charge is 0.0652 e. The van der Waals surface area contributed by atoms with Crippen LogP contribution in [-0.4, -0.2) is 0 Å². The normalized spacial score (nSPS) is 11.4. The topological polar surface area (TPSA) is 24.1 Å². The van der Waals surface area contributed by atoms with Crippen LogP contribution in [-0.2, 0) is 13.1 Å². The molecule has 39 heavy (non-hydrogen) atoms. The summed E-state index contributed by atoms with van der Waals surface area (Å²) in [5, 5.41) is 12.6. The van der Waals surface area contributed by atoms with Gasteiger partial charge in [-0.15, -0.1) is 11.3 Å². The average Bonchev–Trinajstić information content (AvgIpc) is 3.39. The Bertz CT molecular complexity index is 1890. The standard InChI is InChI=1S/C36H28N2S/c1-3-11-25(12-4-1)23-37-24-26-19-21-28(22-20-26)38-35-33(27-13-5-2-6-14-27)29-15-7-8-16-30(29)34-31-17-9-10-18-32(31)39-36(34)35/h1-22,37-38H,23-24H2. The third-order valence-corrected chi connectivity index (χ3v) is 8.51. The Labute approximate surface area is 232 Å². The van der Waals surface area contributed by atoms with Gasteiger partial charge < -0.3 is 10.6 Å². The van der Waals surface area contributed by atoms with Crippen LogP contribution in [0, 0.1) is 0 Å². The second-order valence-corrected chi connectivity index (χ2v) is 10.9. The van der Waals surface area contributed by atoms with E-state index < -0.39 is 0 Å². The minimum absolute atomic E-state index is 0.834. The highest BCUT2D eigenvalue weighted by Crippen LogP contribution is 2.49. The van der Waals surface area contributed by atoms with E-state index >= 15 is 0 Å². The van der Waals surface area contributed by atoms with Crippen LogP contribution in [0.2, 0.25) is 0 Å². The molecule has 0 aliphatic heterocycles. The van der Waals surface area contributed by atoms with Crippen LogP contribution in [0.25, 0.3) is 42.1 Å². The lowest BCUT2D eigenvalue weighted by molar-refractivity contribution is 0.693. The van der Waals surface area contributed by atoms with Gasteiger partial charge in [-0.1, -0.05) is 115 Å². The summed E-state index contributed by atoms with van der Waals surface area (Å²) in [6, 6.07) is 47.7. The van der Waals surface area contributed by atoms with Crippen molar-refractivity contribution in [3.63, 3.8) is 0 Å². The number of hydrogen-bond acceptors (Lipinski definition) is 3. The molecule has 3 heteroatoms. The summed E-state index contributed by atoms with van der Waals surface area (Å²) in [7, 11) is 0. The molecular weight excluding hydrogens is 492 g/mol.